The van der Waals surface area contributed by atoms with Gasteiger partial charge in [-0.05, 0) is 37.6 Å². The molecule has 0 amide bonds. The number of fused-ring (bicyclic) bond motifs is 2. The Hall–Kier alpha value is -4.13. The van der Waals surface area contributed by atoms with Gasteiger partial charge in [0.25, 0.3) is 0 Å². The first kappa shape index (κ1) is 26.9. The highest BCUT2D eigenvalue weighted by Crippen LogP contribution is 2.34. The molecule has 2 aromatic heterocycles. The topological polar surface area (TPSA) is 118 Å². The molecule has 0 saturated carbocycles. The first-order valence-corrected chi connectivity index (χ1v) is 11.6. The summed E-state index contributed by atoms with van der Waals surface area (Å²) >= 11 is 5.65. The number of anilines is 2. The Kier molecular flexibility index (Phi) is 7.86. The second-order valence-corrected chi connectivity index (χ2v) is 8.17. The van der Waals surface area contributed by atoms with Gasteiger partial charge in [-0.15, -0.1) is 11.6 Å². The smallest absolute Gasteiger partial charge is 0.491 e. The Balaban J connectivity index is 1.75. The normalized spacial score (nSPS) is 11.4. The van der Waals surface area contributed by atoms with Gasteiger partial charge in [-0.25, -0.2) is 19.7 Å². The average Bonchev–Trinajstić information content (AvgIpc) is 2.87. The number of alkyl halides is 4. The lowest BCUT2D eigenvalue weighted by Gasteiger charge is -2.13. The summed E-state index contributed by atoms with van der Waals surface area (Å²) in [5.74, 6) is -1.58. The van der Waals surface area contributed by atoms with Gasteiger partial charge in [0.2, 0.25) is 17.8 Å². The molecule has 4 rings (SSSR count). The third-order valence-electron chi connectivity index (χ3n) is 5.21. The molecule has 0 bridgehead atoms. The predicted molar refractivity (Wildman–Crippen MR) is 133 cm³/mol. The van der Waals surface area contributed by atoms with Gasteiger partial charge in [-0.3, -0.25) is 5.32 Å². The minimum absolute atomic E-state index is 0.0314. The van der Waals surface area contributed by atoms with E-state index in [1.54, 1.807) is 25.1 Å². The van der Waals surface area contributed by atoms with Gasteiger partial charge in [0.05, 0.1) is 42.9 Å². The summed E-state index contributed by atoms with van der Waals surface area (Å²) in [6.07, 6.45) is -4.68. The summed E-state index contributed by atoms with van der Waals surface area (Å²) < 4.78 is 59.7. The van der Waals surface area contributed by atoms with Crippen LogP contribution in [0.1, 0.15) is 12.1 Å². The molecule has 0 fully saturated rings. The van der Waals surface area contributed by atoms with Crippen LogP contribution in [0.15, 0.2) is 30.3 Å². The van der Waals surface area contributed by atoms with Crippen LogP contribution in [0.25, 0.3) is 21.8 Å². The van der Waals surface area contributed by atoms with Crippen molar-refractivity contribution in [2.45, 2.75) is 19.5 Å². The van der Waals surface area contributed by atoms with Crippen molar-refractivity contribution in [3.8, 4) is 23.1 Å². The summed E-state index contributed by atoms with van der Waals surface area (Å²) in [6, 6.07) is 7.81. The van der Waals surface area contributed by atoms with E-state index in [1.807, 2.05) is 0 Å². The number of hydrogen-bond donors (Lipinski definition) is 1. The number of ether oxygens (including phenoxy) is 4. The second kappa shape index (κ2) is 11.1. The second-order valence-electron chi connectivity index (χ2n) is 7.79. The number of esters is 1. The molecule has 0 aliphatic heterocycles. The first-order chi connectivity index (χ1) is 18.1. The van der Waals surface area contributed by atoms with E-state index >= 15 is 0 Å². The number of rotatable bonds is 9. The zero-order valence-electron chi connectivity index (χ0n) is 20.4. The van der Waals surface area contributed by atoms with Crippen LogP contribution >= 0.6 is 11.6 Å². The molecule has 10 nitrogen and oxygen atoms in total. The highest BCUT2D eigenvalue weighted by molar-refractivity contribution is 6.17. The van der Waals surface area contributed by atoms with Crippen LogP contribution < -0.4 is 24.3 Å². The van der Waals surface area contributed by atoms with E-state index in [2.05, 4.69) is 30.0 Å². The van der Waals surface area contributed by atoms with E-state index in [0.717, 1.165) is 0 Å². The van der Waals surface area contributed by atoms with Crippen molar-refractivity contribution in [1.29, 1.82) is 0 Å². The molecule has 14 heteroatoms. The maximum atomic E-state index is 13.0. The predicted octanol–water partition coefficient (Wildman–Crippen LogP) is 5.12. The molecule has 38 heavy (non-hydrogen) atoms. The summed E-state index contributed by atoms with van der Waals surface area (Å²) in [5.41, 5.74) is 1.25. The van der Waals surface area contributed by atoms with E-state index in [4.69, 9.17) is 25.8 Å². The Labute approximate surface area is 219 Å². The third-order valence-corrected chi connectivity index (χ3v) is 5.48. The molecule has 0 radical (unpaired) electrons. The molecule has 200 valence electrons. The number of hydrogen-bond acceptors (Lipinski definition) is 10. The molecule has 0 saturated heterocycles. The summed E-state index contributed by atoms with van der Waals surface area (Å²) in [4.78, 5) is 28.7. The highest BCUT2D eigenvalue weighted by Gasteiger charge is 2.42. The SMILES string of the molecule is COc1cc2nc(Nc3nc(OC(=O)C(F)(F)F)c4cc(OCCCCl)ccc4n3)nc(C)c2cc1OC. The molecular weight excluding hydrogens is 531 g/mol. The quantitative estimate of drug-likeness (QED) is 0.171. The first-order valence-electron chi connectivity index (χ1n) is 11.1. The van der Waals surface area contributed by atoms with Crippen LogP contribution in [0, 0.1) is 6.92 Å². The van der Waals surface area contributed by atoms with Crippen molar-refractivity contribution in [3.63, 3.8) is 0 Å². The Bertz CT molecular complexity index is 1500. The molecule has 2 heterocycles. The van der Waals surface area contributed by atoms with Crippen LogP contribution in [0.5, 0.6) is 23.1 Å². The van der Waals surface area contributed by atoms with Gasteiger partial charge in [0.1, 0.15) is 5.75 Å². The number of aryl methyl sites for hydroxylation is 1. The lowest BCUT2D eigenvalue weighted by atomic mass is 10.1. The standard InChI is InChI=1S/C24H21ClF3N5O5/c1-12-14-10-18(35-2)19(36-3)11-17(14)31-22(29-12)33-23-30-16-6-5-13(37-8-4-7-25)9-15(16)20(32-23)38-21(34)24(26,27)28/h5-6,9-11H,4,7-8H2,1-3H3,(H,29,30,31,32,33). The molecular formula is C24H21ClF3N5O5. The molecule has 0 unspecified atom stereocenters. The van der Waals surface area contributed by atoms with Gasteiger partial charge < -0.3 is 18.9 Å². The Morgan fingerprint density at radius 3 is 2.32 bits per heavy atom. The third kappa shape index (κ3) is 5.88. The lowest BCUT2D eigenvalue weighted by molar-refractivity contribution is -0.189. The molecule has 1 N–H and O–H groups in total. The van der Waals surface area contributed by atoms with Crippen LogP contribution in [0.3, 0.4) is 0 Å². The molecule has 2 aromatic carbocycles. The number of nitrogens with one attached hydrogen (secondary N) is 1. The summed E-state index contributed by atoms with van der Waals surface area (Å²) in [6.45, 7) is 2.02. The number of aromatic nitrogens is 4. The largest absolute Gasteiger partial charge is 0.494 e. The number of benzene rings is 2. The Morgan fingerprint density at radius 2 is 1.63 bits per heavy atom. The molecule has 0 aliphatic rings. The van der Waals surface area contributed by atoms with Gasteiger partial charge in [-0.2, -0.15) is 18.2 Å². The van der Waals surface area contributed by atoms with Crippen molar-refractivity contribution in [2.24, 2.45) is 0 Å². The molecule has 0 spiro atoms. The number of carbonyl (C=O) groups excluding carboxylic acids is 1. The van der Waals surface area contributed by atoms with Gasteiger partial charge in [-0.1, -0.05) is 0 Å². The number of carbonyl (C=O) groups is 1. The molecule has 0 atom stereocenters. The van der Waals surface area contributed by atoms with E-state index in [9.17, 15) is 18.0 Å². The van der Waals surface area contributed by atoms with E-state index in [1.165, 1.54) is 26.4 Å². The van der Waals surface area contributed by atoms with Gasteiger partial charge >= 0.3 is 12.1 Å². The van der Waals surface area contributed by atoms with Crippen LogP contribution in [-0.4, -0.2) is 58.8 Å². The lowest BCUT2D eigenvalue weighted by Crippen LogP contribution is -2.28. The summed E-state index contributed by atoms with van der Waals surface area (Å²) in [7, 11) is 2.99. The van der Waals surface area contributed by atoms with Crippen LogP contribution in [0.4, 0.5) is 25.1 Å². The minimum atomic E-state index is -5.24. The van der Waals surface area contributed by atoms with Crippen molar-refractivity contribution in [1.82, 2.24) is 19.9 Å². The fraction of sp³-hybridized carbons (Fsp3) is 0.292. The maximum Gasteiger partial charge on any atom is 0.491 e. The number of halogens is 4. The number of nitrogens with zero attached hydrogens (tertiary/aromatic N) is 4. The van der Waals surface area contributed by atoms with E-state index in [-0.39, 0.29) is 29.4 Å². The summed E-state index contributed by atoms with van der Waals surface area (Å²) in [5, 5.41) is 3.49. The highest BCUT2D eigenvalue weighted by atomic mass is 35.5. The van der Waals surface area contributed by atoms with Crippen molar-refractivity contribution in [2.75, 3.05) is 32.0 Å². The fourth-order valence-corrected chi connectivity index (χ4v) is 3.57. The number of methoxy groups -OCH3 is 2. The van der Waals surface area contributed by atoms with Crippen LogP contribution in [0.2, 0.25) is 0 Å². The fourth-order valence-electron chi connectivity index (χ4n) is 3.46. The average molecular weight is 552 g/mol. The van der Waals surface area contributed by atoms with E-state index in [0.29, 0.717) is 46.1 Å². The zero-order chi connectivity index (χ0) is 27.4. The van der Waals surface area contributed by atoms with Crippen molar-refractivity contribution < 1.29 is 36.9 Å². The van der Waals surface area contributed by atoms with E-state index < -0.39 is 18.0 Å². The minimum Gasteiger partial charge on any atom is -0.494 e. The monoisotopic (exact) mass is 551 g/mol. The Morgan fingerprint density at radius 1 is 0.947 bits per heavy atom. The van der Waals surface area contributed by atoms with Crippen molar-refractivity contribution in [3.05, 3.63) is 36.0 Å². The van der Waals surface area contributed by atoms with Crippen LogP contribution in [-0.2, 0) is 4.79 Å². The maximum absolute atomic E-state index is 13.0. The van der Waals surface area contributed by atoms with Crippen molar-refractivity contribution >= 4 is 51.3 Å². The van der Waals surface area contributed by atoms with Gasteiger partial charge in [0.15, 0.2) is 11.5 Å². The molecule has 0 aliphatic carbocycles. The van der Waals surface area contributed by atoms with Gasteiger partial charge in [0, 0.05) is 17.3 Å². The zero-order valence-corrected chi connectivity index (χ0v) is 21.1. The molecule has 4 aromatic rings.